The van der Waals surface area contributed by atoms with Gasteiger partial charge in [-0.1, -0.05) is 48.0 Å². The van der Waals surface area contributed by atoms with E-state index in [1.54, 1.807) is 48.5 Å². The average Bonchev–Trinajstić information content (AvgIpc) is 2.69. The van der Waals surface area contributed by atoms with Crippen molar-refractivity contribution < 1.29 is 14.7 Å². The number of nitrogens with two attached hydrogens (primary N) is 2. The standard InChI is InChI=1S/C20H18ClN5O3/c21-15-10-24-18(26-20(22)23)14-8-12(6-7-13(14)15)19(29)25-16(9-17(27)28)11-4-2-1-3-5-11/h1-8,10,16H,9H2,(H,25,29)(H,27,28)(H4,22,23,24,26)/p-1. The molecule has 5 N–H and O–H groups in total. The molecule has 0 aliphatic rings. The van der Waals surface area contributed by atoms with Crippen molar-refractivity contribution >= 4 is 46.0 Å². The number of fused-ring (bicyclic) bond motifs is 1. The molecule has 0 fully saturated rings. The largest absolute Gasteiger partial charge is 0.550 e. The number of benzene rings is 2. The van der Waals surface area contributed by atoms with E-state index in [0.29, 0.717) is 21.4 Å². The number of carbonyl (C=O) groups is 2. The second-order valence-electron chi connectivity index (χ2n) is 6.24. The minimum atomic E-state index is -1.27. The Kier molecular flexibility index (Phi) is 5.94. The van der Waals surface area contributed by atoms with Gasteiger partial charge in [0.05, 0.1) is 11.1 Å². The Bertz CT molecular complexity index is 1100. The number of carbonyl (C=O) groups excluding carboxylic acids is 2. The van der Waals surface area contributed by atoms with Gasteiger partial charge in [-0.2, -0.15) is 4.99 Å². The summed E-state index contributed by atoms with van der Waals surface area (Å²) in [7, 11) is 0. The molecule has 8 nitrogen and oxygen atoms in total. The first-order valence-corrected chi connectivity index (χ1v) is 8.96. The minimum Gasteiger partial charge on any atom is -0.550 e. The number of carboxylic acids is 1. The summed E-state index contributed by atoms with van der Waals surface area (Å²) in [6.45, 7) is 0. The molecule has 29 heavy (non-hydrogen) atoms. The van der Waals surface area contributed by atoms with Crippen LogP contribution in [0.4, 0.5) is 5.82 Å². The molecule has 1 atom stereocenters. The third-order valence-electron chi connectivity index (χ3n) is 4.19. The van der Waals surface area contributed by atoms with Gasteiger partial charge in [0.1, 0.15) is 0 Å². The van der Waals surface area contributed by atoms with Crippen LogP contribution in [-0.2, 0) is 4.79 Å². The van der Waals surface area contributed by atoms with Gasteiger partial charge in [0.25, 0.3) is 5.91 Å². The maximum absolute atomic E-state index is 12.8. The van der Waals surface area contributed by atoms with Gasteiger partial charge >= 0.3 is 0 Å². The van der Waals surface area contributed by atoms with Gasteiger partial charge in [0.2, 0.25) is 0 Å². The summed E-state index contributed by atoms with van der Waals surface area (Å²) >= 11 is 6.17. The fourth-order valence-electron chi connectivity index (χ4n) is 2.89. The summed E-state index contributed by atoms with van der Waals surface area (Å²) in [4.78, 5) is 32.0. The molecule has 3 aromatic rings. The second-order valence-corrected chi connectivity index (χ2v) is 6.65. The van der Waals surface area contributed by atoms with E-state index in [2.05, 4.69) is 15.3 Å². The van der Waals surface area contributed by atoms with Crippen molar-refractivity contribution in [3.63, 3.8) is 0 Å². The van der Waals surface area contributed by atoms with Crippen LogP contribution in [-0.4, -0.2) is 22.8 Å². The third-order valence-corrected chi connectivity index (χ3v) is 4.49. The Balaban J connectivity index is 1.97. The van der Waals surface area contributed by atoms with E-state index in [1.165, 1.54) is 6.20 Å². The van der Waals surface area contributed by atoms with Crippen LogP contribution in [0.25, 0.3) is 10.8 Å². The number of hydrogen-bond donors (Lipinski definition) is 3. The number of halogens is 1. The van der Waals surface area contributed by atoms with Gasteiger partial charge in [0, 0.05) is 34.9 Å². The van der Waals surface area contributed by atoms with Crippen LogP contribution in [0.2, 0.25) is 5.02 Å². The van der Waals surface area contributed by atoms with Crippen molar-refractivity contribution in [2.24, 2.45) is 16.5 Å². The average molecular weight is 411 g/mol. The topological polar surface area (TPSA) is 147 Å². The molecule has 0 spiro atoms. The van der Waals surface area contributed by atoms with Crippen molar-refractivity contribution in [3.05, 3.63) is 70.9 Å². The molecule has 1 amide bonds. The van der Waals surface area contributed by atoms with E-state index in [1.807, 2.05) is 0 Å². The molecule has 0 aliphatic carbocycles. The molecule has 3 rings (SSSR count). The highest BCUT2D eigenvalue weighted by molar-refractivity contribution is 6.35. The first-order valence-electron chi connectivity index (χ1n) is 8.58. The minimum absolute atomic E-state index is 0.186. The lowest BCUT2D eigenvalue weighted by atomic mass is 10.0. The number of aliphatic imine (C=N–C) groups is 1. The van der Waals surface area contributed by atoms with Crippen molar-refractivity contribution in [1.29, 1.82) is 0 Å². The van der Waals surface area contributed by atoms with Crippen LogP contribution >= 0.6 is 11.6 Å². The molecular weight excluding hydrogens is 394 g/mol. The van der Waals surface area contributed by atoms with E-state index in [0.717, 1.165) is 0 Å². The maximum atomic E-state index is 12.8. The Labute approximate surface area is 171 Å². The highest BCUT2D eigenvalue weighted by Gasteiger charge is 2.17. The van der Waals surface area contributed by atoms with Crippen molar-refractivity contribution in [3.8, 4) is 0 Å². The van der Waals surface area contributed by atoms with Crippen LogP contribution in [0.5, 0.6) is 0 Å². The fraction of sp³-hybridized carbons (Fsp3) is 0.100. The van der Waals surface area contributed by atoms with Gasteiger partial charge in [-0.15, -0.1) is 0 Å². The van der Waals surface area contributed by atoms with Gasteiger partial charge in [-0.05, 0) is 17.7 Å². The van der Waals surface area contributed by atoms with Crippen molar-refractivity contribution in [1.82, 2.24) is 10.3 Å². The molecule has 0 bridgehead atoms. The summed E-state index contributed by atoms with van der Waals surface area (Å²) in [5.41, 5.74) is 11.8. The zero-order valence-corrected chi connectivity index (χ0v) is 15.9. The monoisotopic (exact) mass is 410 g/mol. The Hall–Kier alpha value is -3.65. The molecule has 1 unspecified atom stereocenters. The molecular formula is C20H17ClN5O3-. The normalized spacial score (nSPS) is 11.6. The van der Waals surface area contributed by atoms with Crippen LogP contribution in [0.1, 0.15) is 28.4 Å². The molecule has 0 radical (unpaired) electrons. The Morgan fingerprint density at radius 1 is 1.14 bits per heavy atom. The van der Waals surface area contributed by atoms with Crippen LogP contribution in [0.3, 0.4) is 0 Å². The highest BCUT2D eigenvalue weighted by atomic mass is 35.5. The predicted molar refractivity (Wildman–Crippen MR) is 108 cm³/mol. The number of aliphatic carboxylic acids is 1. The van der Waals surface area contributed by atoms with E-state index in [9.17, 15) is 14.7 Å². The predicted octanol–water partition coefficient (Wildman–Crippen LogP) is 1.40. The summed E-state index contributed by atoms with van der Waals surface area (Å²) in [6, 6.07) is 12.8. The molecule has 1 aromatic heterocycles. The smallest absolute Gasteiger partial charge is 0.251 e. The number of pyridine rings is 1. The van der Waals surface area contributed by atoms with E-state index in [-0.39, 0.29) is 23.8 Å². The first kappa shape index (κ1) is 20.1. The number of amides is 1. The summed E-state index contributed by atoms with van der Waals surface area (Å²) in [6.07, 6.45) is 1.05. The van der Waals surface area contributed by atoms with E-state index < -0.39 is 17.9 Å². The Morgan fingerprint density at radius 2 is 1.86 bits per heavy atom. The highest BCUT2D eigenvalue weighted by Crippen LogP contribution is 2.30. The number of guanidine groups is 1. The number of hydrogen-bond acceptors (Lipinski definition) is 5. The van der Waals surface area contributed by atoms with Gasteiger partial charge in [-0.3, -0.25) is 4.79 Å². The second kappa shape index (κ2) is 8.57. The van der Waals surface area contributed by atoms with Gasteiger partial charge < -0.3 is 26.7 Å². The molecule has 148 valence electrons. The molecule has 0 saturated heterocycles. The summed E-state index contributed by atoms with van der Waals surface area (Å²) in [5.74, 6) is -1.72. The lowest BCUT2D eigenvalue weighted by molar-refractivity contribution is -0.306. The SMILES string of the molecule is NC(N)=Nc1ncc(Cl)c2ccc(C(=O)NC(CC(=O)[O-])c3ccccc3)cc12. The van der Waals surface area contributed by atoms with Crippen LogP contribution in [0.15, 0.2) is 59.7 Å². The zero-order chi connectivity index (χ0) is 21.0. The van der Waals surface area contributed by atoms with Gasteiger partial charge in [-0.25, -0.2) is 4.98 Å². The quantitative estimate of drug-likeness (QED) is 0.413. The lowest BCUT2D eigenvalue weighted by Crippen LogP contribution is -2.34. The maximum Gasteiger partial charge on any atom is 0.251 e. The number of nitrogens with zero attached hydrogens (tertiary/aromatic N) is 2. The zero-order valence-electron chi connectivity index (χ0n) is 15.1. The molecule has 2 aromatic carbocycles. The number of rotatable bonds is 6. The van der Waals surface area contributed by atoms with E-state index >= 15 is 0 Å². The number of nitrogens with one attached hydrogen (secondary N) is 1. The molecule has 0 saturated carbocycles. The third kappa shape index (κ3) is 4.80. The van der Waals surface area contributed by atoms with E-state index in [4.69, 9.17) is 23.1 Å². The molecule has 0 aliphatic heterocycles. The Morgan fingerprint density at radius 3 is 2.52 bits per heavy atom. The molecule has 9 heteroatoms. The first-order chi connectivity index (χ1) is 13.8. The number of aromatic nitrogens is 1. The summed E-state index contributed by atoms with van der Waals surface area (Å²) in [5, 5.41) is 15.3. The van der Waals surface area contributed by atoms with Crippen molar-refractivity contribution in [2.75, 3.05) is 0 Å². The van der Waals surface area contributed by atoms with Gasteiger partial charge in [0.15, 0.2) is 11.8 Å². The van der Waals surface area contributed by atoms with Crippen molar-refractivity contribution in [2.45, 2.75) is 12.5 Å². The van der Waals surface area contributed by atoms with Crippen LogP contribution < -0.4 is 21.9 Å². The van der Waals surface area contributed by atoms with Crippen LogP contribution in [0, 0.1) is 0 Å². The fourth-order valence-corrected chi connectivity index (χ4v) is 3.11. The summed E-state index contributed by atoms with van der Waals surface area (Å²) < 4.78 is 0. The lowest BCUT2D eigenvalue weighted by Gasteiger charge is -2.20. The molecule has 1 heterocycles. The number of carboxylic acid groups (broad SMARTS) is 1.